The molecule has 0 amide bonds. The van der Waals surface area contributed by atoms with Crippen LogP contribution in [0.2, 0.25) is 0 Å². The van der Waals surface area contributed by atoms with Crippen LogP contribution in [-0.4, -0.2) is 29.1 Å². The van der Waals surface area contributed by atoms with Crippen molar-refractivity contribution in [2.75, 3.05) is 6.61 Å². The van der Waals surface area contributed by atoms with Crippen molar-refractivity contribution in [2.24, 2.45) is 0 Å². The number of benzene rings is 2. The normalized spacial score (nSPS) is 15.2. The van der Waals surface area contributed by atoms with Crippen molar-refractivity contribution < 1.29 is 14.9 Å². The summed E-state index contributed by atoms with van der Waals surface area (Å²) in [7, 11) is 0. The summed E-state index contributed by atoms with van der Waals surface area (Å²) in [5.74, 6) is 0.739. The number of hydrogen-bond acceptors (Lipinski definition) is 4. The van der Waals surface area contributed by atoms with Crippen molar-refractivity contribution in [3.05, 3.63) is 66.2 Å². The lowest BCUT2D eigenvalue weighted by Gasteiger charge is -2.26. The van der Waals surface area contributed by atoms with Gasteiger partial charge in [0.05, 0.1) is 18.8 Å². The van der Waals surface area contributed by atoms with Crippen LogP contribution in [0.3, 0.4) is 0 Å². The van der Waals surface area contributed by atoms with E-state index in [-0.39, 0.29) is 12.8 Å². The van der Waals surface area contributed by atoms with Crippen molar-refractivity contribution in [1.82, 2.24) is 5.32 Å². The minimum absolute atomic E-state index is 0.182. The number of para-hydroxylation sites is 1. The Kier molecular flexibility index (Phi) is 5.75. The molecule has 3 N–H and O–H groups in total. The van der Waals surface area contributed by atoms with Crippen LogP contribution in [0, 0.1) is 0 Å². The molecular weight excluding hydrogens is 266 g/mol. The van der Waals surface area contributed by atoms with Gasteiger partial charge in [-0.3, -0.25) is 5.32 Å². The third-order valence-corrected chi connectivity index (χ3v) is 3.22. The van der Waals surface area contributed by atoms with Gasteiger partial charge in [0.25, 0.3) is 0 Å². The molecule has 4 nitrogen and oxygen atoms in total. The molecule has 0 saturated carbocycles. The maximum absolute atomic E-state index is 10.3. The number of rotatable bonds is 7. The summed E-state index contributed by atoms with van der Waals surface area (Å²) in [4.78, 5) is 0. The molecule has 0 radical (unpaired) electrons. The average Bonchev–Trinajstić information content (AvgIpc) is 2.53. The Morgan fingerprint density at radius 3 is 2.14 bits per heavy atom. The Morgan fingerprint density at radius 1 is 1.00 bits per heavy atom. The summed E-state index contributed by atoms with van der Waals surface area (Å²) in [6.45, 7) is 1.66. The first-order valence-corrected chi connectivity index (χ1v) is 7.02. The zero-order valence-electron chi connectivity index (χ0n) is 12.0. The Hall–Kier alpha value is -1.88. The van der Waals surface area contributed by atoms with E-state index < -0.39 is 12.1 Å². The van der Waals surface area contributed by atoms with Crippen LogP contribution in [0.15, 0.2) is 60.7 Å². The van der Waals surface area contributed by atoms with Gasteiger partial charge in [0.2, 0.25) is 0 Å². The zero-order valence-corrected chi connectivity index (χ0v) is 12.0. The predicted molar refractivity (Wildman–Crippen MR) is 81.9 cm³/mol. The van der Waals surface area contributed by atoms with Gasteiger partial charge in [-0.2, -0.15) is 0 Å². The van der Waals surface area contributed by atoms with Gasteiger partial charge >= 0.3 is 0 Å². The topological polar surface area (TPSA) is 61.7 Å². The van der Waals surface area contributed by atoms with Crippen molar-refractivity contribution >= 4 is 0 Å². The smallest absolute Gasteiger partial charge is 0.147 e. The molecule has 0 aliphatic carbocycles. The number of aliphatic hydroxyl groups excluding tert-OH is 2. The Labute approximate surface area is 125 Å². The molecule has 0 fully saturated rings. The molecule has 4 heteroatoms. The molecule has 0 aromatic heterocycles. The summed E-state index contributed by atoms with van der Waals surface area (Å²) in [5.41, 5.74) is 0.760. The summed E-state index contributed by atoms with van der Waals surface area (Å²) in [6.07, 6.45) is -1.12. The van der Waals surface area contributed by atoms with E-state index in [2.05, 4.69) is 5.32 Å². The number of aliphatic hydroxyl groups is 2. The molecule has 0 bridgehead atoms. The fourth-order valence-corrected chi connectivity index (χ4v) is 2.16. The van der Waals surface area contributed by atoms with E-state index in [1.54, 1.807) is 0 Å². The molecule has 0 spiro atoms. The van der Waals surface area contributed by atoms with Gasteiger partial charge in [0, 0.05) is 0 Å². The number of nitrogens with one attached hydrogen (secondary N) is 1. The highest BCUT2D eigenvalue weighted by Crippen LogP contribution is 2.17. The van der Waals surface area contributed by atoms with Crippen LogP contribution < -0.4 is 10.1 Å². The lowest BCUT2D eigenvalue weighted by atomic mass is 10.0. The molecule has 21 heavy (non-hydrogen) atoms. The fraction of sp³-hybridized carbons (Fsp3) is 0.294. The van der Waals surface area contributed by atoms with Crippen molar-refractivity contribution in [3.8, 4) is 5.75 Å². The second-order valence-electron chi connectivity index (χ2n) is 4.88. The molecule has 0 aliphatic heterocycles. The van der Waals surface area contributed by atoms with Crippen molar-refractivity contribution in [2.45, 2.75) is 25.3 Å². The molecule has 3 atom stereocenters. The first kappa shape index (κ1) is 15.5. The largest absolute Gasteiger partial charge is 0.476 e. The fourth-order valence-electron chi connectivity index (χ4n) is 2.16. The van der Waals surface area contributed by atoms with Crippen molar-refractivity contribution in [3.63, 3.8) is 0 Å². The highest BCUT2D eigenvalue weighted by Gasteiger charge is 2.22. The van der Waals surface area contributed by atoms with Crippen LogP contribution in [0.4, 0.5) is 0 Å². The van der Waals surface area contributed by atoms with Gasteiger partial charge in [-0.15, -0.1) is 0 Å². The summed E-state index contributed by atoms with van der Waals surface area (Å²) in [6, 6.07) is 18.2. The second-order valence-corrected chi connectivity index (χ2v) is 4.88. The average molecular weight is 287 g/mol. The summed E-state index contributed by atoms with van der Waals surface area (Å²) < 4.78 is 5.70. The second kappa shape index (κ2) is 7.78. The Balaban J connectivity index is 1.95. The monoisotopic (exact) mass is 287 g/mol. The molecule has 0 saturated heterocycles. The first-order valence-electron chi connectivity index (χ1n) is 7.02. The van der Waals surface area contributed by atoms with E-state index >= 15 is 0 Å². The molecule has 0 heterocycles. The highest BCUT2D eigenvalue weighted by atomic mass is 16.5. The molecule has 0 aliphatic rings. The highest BCUT2D eigenvalue weighted by molar-refractivity contribution is 5.21. The summed E-state index contributed by atoms with van der Waals surface area (Å²) in [5, 5.41) is 22.9. The molecule has 3 unspecified atom stereocenters. The molecule has 112 valence electrons. The van der Waals surface area contributed by atoms with Gasteiger partial charge in [0.15, 0.2) is 0 Å². The van der Waals surface area contributed by atoms with Crippen LogP contribution in [0.5, 0.6) is 5.75 Å². The molecule has 2 aromatic rings. The van der Waals surface area contributed by atoms with E-state index in [1.165, 1.54) is 0 Å². The maximum Gasteiger partial charge on any atom is 0.147 e. The molecule has 2 rings (SSSR count). The zero-order chi connectivity index (χ0) is 15.1. The lowest BCUT2D eigenvalue weighted by molar-refractivity contribution is 0.0550. The van der Waals surface area contributed by atoms with E-state index in [1.807, 2.05) is 67.6 Å². The van der Waals surface area contributed by atoms with Crippen LogP contribution in [-0.2, 0) is 0 Å². The quantitative estimate of drug-likeness (QED) is 0.682. The van der Waals surface area contributed by atoms with Crippen molar-refractivity contribution in [1.29, 1.82) is 0 Å². The summed E-state index contributed by atoms with van der Waals surface area (Å²) >= 11 is 0. The Bertz CT molecular complexity index is 518. The third kappa shape index (κ3) is 4.56. The van der Waals surface area contributed by atoms with Crippen LogP contribution in [0.1, 0.15) is 18.6 Å². The van der Waals surface area contributed by atoms with Crippen LogP contribution >= 0.6 is 0 Å². The molecule has 2 aromatic carbocycles. The van der Waals surface area contributed by atoms with Gasteiger partial charge in [0.1, 0.15) is 12.0 Å². The number of ether oxygens (including phenoxy) is 1. The van der Waals surface area contributed by atoms with Gasteiger partial charge in [-0.05, 0) is 24.6 Å². The lowest BCUT2D eigenvalue weighted by Crippen LogP contribution is -2.45. The Morgan fingerprint density at radius 2 is 1.57 bits per heavy atom. The standard InChI is InChI=1S/C17H21NO3/c1-13(21-15-10-6-3-7-11-15)18-16(12-19)17(20)14-8-4-2-5-9-14/h2-11,13,16-20H,12H2,1H3. The number of hydrogen-bond donors (Lipinski definition) is 3. The minimum atomic E-state index is -0.793. The SMILES string of the molecule is CC(NC(CO)C(O)c1ccccc1)Oc1ccccc1. The molecular formula is C17H21NO3. The van der Waals surface area contributed by atoms with Gasteiger partial charge in [-0.25, -0.2) is 0 Å². The van der Waals surface area contributed by atoms with Gasteiger partial charge < -0.3 is 14.9 Å². The maximum atomic E-state index is 10.3. The minimum Gasteiger partial charge on any atom is -0.476 e. The van der Waals surface area contributed by atoms with E-state index in [9.17, 15) is 10.2 Å². The van der Waals surface area contributed by atoms with E-state index in [0.717, 1.165) is 11.3 Å². The predicted octanol–water partition coefficient (Wildman–Crippen LogP) is 2.10. The van der Waals surface area contributed by atoms with Crippen LogP contribution in [0.25, 0.3) is 0 Å². The van der Waals surface area contributed by atoms with E-state index in [0.29, 0.717) is 0 Å². The van der Waals surface area contributed by atoms with E-state index in [4.69, 9.17) is 4.74 Å². The third-order valence-electron chi connectivity index (χ3n) is 3.22. The first-order chi connectivity index (χ1) is 10.2. The van der Waals surface area contributed by atoms with Gasteiger partial charge in [-0.1, -0.05) is 48.5 Å².